The smallest absolute Gasteiger partial charge is 0.0595 e. The molecule has 4 heteroatoms. The maximum atomic E-state index is 5.97. The Labute approximate surface area is 106 Å². The highest BCUT2D eigenvalue weighted by Gasteiger charge is 2.23. The summed E-state index contributed by atoms with van der Waals surface area (Å²) in [5.74, 6) is 0.569. The fourth-order valence-electron chi connectivity index (χ4n) is 2.09. The van der Waals surface area contributed by atoms with Gasteiger partial charge in [-0.3, -0.25) is 0 Å². The Morgan fingerprint density at radius 3 is 2.40 bits per heavy atom. The molecule has 2 atom stereocenters. The van der Waals surface area contributed by atoms with E-state index >= 15 is 0 Å². The SMILES string of the molecule is Cl.NC1CCC(c2ccc(Cl)c(Cl)c2)C1. The predicted molar refractivity (Wildman–Crippen MR) is 68.3 cm³/mol. The van der Waals surface area contributed by atoms with E-state index in [-0.39, 0.29) is 12.4 Å². The lowest BCUT2D eigenvalue weighted by Crippen LogP contribution is -2.14. The molecule has 0 aliphatic heterocycles. The summed E-state index contributed by atoms with van der Waals surface area (Å²) < 4.78 is 0. The quantitative estimate of drug-likeness (QED) is 0.816. The van der Waals surface area contributed by atoms with Crippen LogP contribution in [0.1, 0.15) is 30.7 Å². The van der Waals surface area contributed by atoms with Crippen LogP contribution in [0.5, 0.6) is 0 Å². The average Bonchev–Trinajstić information content (AvgIpc) is 2.57. The Bertz CT molecular complexity index is 341. The van der Waals surface area contributed by atoms with Gasteiger partial charge in [0.15, 0.2) is 0 Å². The lowest BCUT2D eigenvalue weighted by molar-refractivity contribution is 0.675. The van der Waals surface area contributed by atoms with E-state index < -0.39 is 0 Å². The van der Waals surface area contributed by atoms with Crippen LogP contribution in [0.4, 0.5) is 0 Å². The van der Waals surface area contributed by atoms with Gasteiger partial charge in [-0.25, -0.2) is 0 Å². The van der Waals surface area contributed by atoms with Crippen molar-refractivity contribution in [3.8, 4) is 0 Å². The number of hydrogen-bond donors (Lipinski definition) is 1. The molecule has 1 aromatic carbocycles. The van der Waals surface area contributed by atoms with Crippen molar-refractivity contribution >= 4 is 35.6 Å². The van der Waals surface area contributed by atoms with Gasteiger partial charge in [-0.05, 0) is 42.9 Å². The normalized spacial score (nSPS) is 25.0. The molecule has 2 unspecified atom stereocenters. The third kappa shape index (κ3) is 3.01. The fraction of sp³-hybridized carbons (Fsp3) is 0.455. The van der Waals surface area contributed by atoms with Gasteiger partial charge in [0, 0.05) is 6.04 Å². The van der Waals surface area contributed by atoms with Gasteiger partial charge in [0.1, 0.15) is 0 Å². The molecule has 1 saturated carbocycles. The van der Waals surface area contributed by atoms with Gasteiger partial charge < -0.3 is 5.73 Å². The standard InChI is InChI=1S/C11H13Cl2N.ClH/c12-10-4-2-8(6-11(10)13)7-1-3-9(14)5-7;/h2,4,6-7,9H,1,3,5,14H2;1H. The minimum Gasteiger partial charge on any atom is -0.328 e. The molecule has 2 N–H and O–H groups in total. The van der Waals surface area contributed by atoms with Crippen LogP contribution in [0, 0.1) is 0 Å². The zero-order valence-electron chi connectivity index (χ0n) is 8.25. The summed E-state index contributed by atoms with van der Waals surface area (Å²) in [6.45, 7) is 0. The Morgan fingerprint density at radius 1 is 1.13 bits per heavy atom. The highest BCUT2D eigenvalue weighted by Crippen LogP contribution is 2.35. The highest BCUT2D eigenvalue weighted by atomic mass is 35.5. The van der Waals surface area contributed by atoms with Gasteiger partial charge in [0.05, 0.1) is 10.0 Å². The molecule has 0 saturated heterocycles. The van der Waals surface area contributed by atoms with Gasteiger partial charge in [0.25, 0.3) is 0 Å². The van der Waals surface area contributed by atoms with Crippen molar-refractivity contribution in [1.29, 1.82) is 0 Å². The third-order valence-corrected chi connectivity index (χ3v) is 3.63. The second-order valence-corrected chi connectivity index (χ2v) is 4.76. The Kier molecular flexibility index (Phi) is 4.72. The largest absolute Gasteiger partial charge is 0.328 e. The number of rotatable bonds is 1. The second kappa shape index (κ2) is 5.40. The molecule has 0 bridgehead atoms. The van der Waals surface area contributed by atoms with E-state index in [1.165, 1.54) is 12.0 Å². The van der Waals surface area contributed by atoms with Crippen LogP contribution in [0.25, 0.3) is 0 Å². The second-order valence-electron chi connectivity index (χ2n) is 3.94. The summed E-state index contributed by atoms with van der Waals surface area (Å²) in [5, 5.41) is 1.27. The summed E-state index contributed by atoms with van der Waals surface area (Å²) in [5.41, 5.74) is 7.14. The van der Waals surface area contributed by atoms with E-state index in [9.17, 15) is 0 Å². The average molecular weight is 267 g/mol. The molecule has 0 amide bonds. The molecule has 1 aliphatic rings. The van der Waals surface area contributed by atoms with Crippen molar-refractivity contribution in [2.24, 2.45) is 5.73 Å². The number of benzene rings is 1. The van der Waals surface area contributed by atoms with Crippen molar-refractivity contribution in [2.45, 2.75) is 31.2 Å². The van der Waals surface area contributed by atoms with Crippen LogP contribution in [0.2, 0.25) is 10.0 Å². The first-order valence-corrected chi connectivity index (χ1v) is 5.63. The monoisotopic (exact) mass is 265 g/mol. The van der Waals surface area contributed by atoms with E-state index in [2.05, 4.69) is 6.07 Å². The first kappa shape index (κ1) is 13.1. The lowest BCUT2D eigenvalue weighted by Gasteiger charge is -2.10. The zero-order valence-corrected chi connectivity index (χ0v) is 10.6. The van der Waals surface area contributed by atoms with Crippen molar-refractivity contribution in [1.82, 2.24) is 0 Å². The molecule has 0 heterocycles. The van der Waals surface area contributed by atoms with E-state index in [0.29, 0.717) is 22.0 Å². The van der Waals surface area contributed by atoms with E-state index in [1.54, 1.807) is 0 Å². The third-order valence-electron chi connectivity index (χ3n) is 2.89. The first-order valence-electron chi connectivity index (χ1n) is 4.87. The molecular formula is C11H14Cl3N. The summed E-state index contributed by atoms with van der Waals surface area (Å²) in [4.78, 5) is 0. The summed E-state index contributed by atoms with van der Waals surface area (Å²) in [6.07, 6.45) is 3.35. The Balaban J connectivity index is 0.00000112. The van der Waals surface area contributed by atoms with Gasteiger partial charge in [-0.1, -0.05) is 29.3 Å². The number of nitrogens with two attached hydrogens (primary N) is 1. The van der Waals surface area contributed by atoms with Crippen LogP contribution in [0.15, 0.2) is 18.2 Å². The van der Waals surface area contributed by atoms with Crippen molar-refractivity contribution in [2.75, 3.05) is 0 Å². The number of hydrogen-bond acceptors (Lipinski definition) is 1. The summed E-state index contributed by atoms with van der Waals surface area (Å²) >= 11 is 11.8. The Hall–Kier alpha value is 0.0500. The van der Waals surface area contributed by atoms with E-state index in [1.807, 2.05) is 12.1 Å². The van der Waals surface area contributed by atoms with Crippen LogP contribution < -0.4 is 5.73 Å². The zero-order chi connectivity index (χ0) is 10.1. The summed E-state index contributed by atoms with van der Waals surface area (Å²) in [7, 11) is 0. The molecular weight excluding hydrogens is 252 g/mol. The molecule has 0 spiro atoms. The van der Waals surface area contributed by atoms with Crippen LogP contribution >= 0.6 is 35.6 Å². The minimum absolute atomic E-state index is 0. The Morgan fingerprint density at radius 2 is 1.87 bits per heavy atom. The minimum atomic E-state index is 0. The van der Waals surface area contributed by atoms with Gasteiger partial charge in [0.2, 0.25) is 0 Å². The molecule has 1 aliphatic carbocycles. The topological polar surface area (TPSA) is 26.0 Å². The molecule has 0 radical (unpaired) electrons. The highest BCUT2D eigenvalue weighted by molar-refractivity contribution is 6.42. The van der Waals surface area contributed by atoms with Crippen molar-refractivity contribution < 1.29 is 0 Å². The molecule has 1 fully saturated rings. The van der Waals surface area contributed by atoms with Crippen molar-refractivity contribution in [3.05, 3.63) is 33.8 Å². The number of halogens is 3. The van der Waals surface area contributed by atoms with E-state index in [0.717, 1.165) is 12.8 Å². The fourth-order valence-corrected chi connectivity index (χ4v) is 2.39. The van der Waals surface area contributed by atoms with E-state index in [4.69, 9.17) is 28.9 Å². The maximum absolute atomic E-state index is 5.97. The predicted octanol–water partition coefficient (Wildman–Crippen LogP) is 4.01. The summed E-state index contributed by atoms with van der Waals surface area (Å²) in [6, 6.07) is 6.24. The van der Waals surface area contributed by atoms with Gasteiger partial charge in [-0.15, -0.1) is 12.4 Å². The van der Waals surface area contributed by atoms with Crippen molar-refractivity contribution in [3.63, 3.8) is 0 Å². The molecule has 1 nitrogen and oxygen atoms in total. The molecule has 84 valence electrons. The van der Waals surface area contributed by atoms with Crippen LogP contribution in [-0.4, -0.2) is 6.04 Å². The van der Waals surface area contributed by atoms with Crippen LogP contribution in [0.3, 0.4) is 0 Å². The molecule has 15 heavy (non-hydrogen) atoms. The van der Waals surface area contributed by atoms with Crippen LogP contribution in [-0.2, 0) is 0 Å². The molecule has 1 aromatic rings. The van der Waals surface area contributed by atoms with Gasteiger partial charge in [-0.2, -0.15) is 0 Å². The lowest BCUT2D eigenvalue weighted by atomic mass is 9.98. The molecule has 0 aromatic heterocycles. The molecule has 2 rings (SSSR count). The maximum Gasteiger partial charge on any atom is 0.0595 e. The first-order chi connectivity index (χ1) is 6.66. The van der Waals surface area contributed by atoms with Gasteiger partial charge >= 0.3 is 0 Å².